The molecule has 124 valence electrons. The predicted molar refractivity (Wildman–Crippen MR) is 97.7 cm³/mol. The summed E-state index contributed by atoms with van der Waals surface area (Å²) in [4.78, 5) is 2.12. The Labute approximate surface area is 147 Å². The van der Waals surface area contributed by atoms with Crippen molar-refractivity contribution in [2.45, 2.75) is 31.4 Å². The third-order valence-electron chi connectivity index (χ3n) is 5.05. The molecule has 1 N–H and O–H groups in total. The summed E-state index contributed by atoms with van der Waals surface area (Å²) in [7, 11) is 0. The number of rotatable bonds is 2. The zero-order valence-corrected chi connectivity index (χ0v) is 14.4. The highest BCUT2D eigenvalue weighted by molar-refractivity contribution is 6.30. The van der Waals surface area contributed by atoms with E-state index in [4.69, 9.17) is 11.6 Å². The number of benzene rings is 2. The molecule has 0 aromatic heterocycles. The predicted octanol–water partition coefficient (Wildman–Crippen LogP) is 3.99. The van der Waals surface area contributed by atoms with Gasteiger partial charge in [0.25, 0.3) is 11.6 Å². The topological polar surface area (TPSA) is 26.5 Å². The Bertz CT molecular complexity index is 757. The van der Waals surface area contributed by atoms with Crippen molar-refractivity contribution in [3.8, 4) is 0 Å². The van der Waals surface area contributed by atoms with Crippen LogP contribution in [0.2, 0.25) is 5.02 Å². The van der Waals surface area contributed by atoms with Crippen molar-refractivity contribution < 1.29 is 9.68 Å². The van der Waals surface area contributed by atoms with Gasteiger partial charge in [0.15, 0.2) is 6.54 Å². The second-order valence-corrected chi connectivity index (χ2v) is 7.08. The van der Waals surface area contributed by atoms with E-state index in [1.54, 1.807) is 0 Å². The minimum atomic E-state index is -1.04. The van der Waals surface area contributed by atoms with Crippen molar-refractivity contribution in [1.82, 2.24) is 0 Å². The molecule has 4 heteroatoms. The third-order valence-corrected chi connectivity index (χ3v) is 5.31. The third kappa shape index (κ3) is 2.62. The van der Waals surface area contributed by atoms with E-state index >= 15 is 0 Å². The highest BCUT2D eigenvalue weighted by Crippen LogP contribution is 2.37. The summed E-state index contributed by atoms with van der Waals surface area (Å²) in [5.41, 5.74) is 0.882. The van der Waals surface area contributed by atoms with Crippen LogP contribution in [0.5, 0.6) is 0 Å². The van der Waals surface area contributed by atoms with Crippen molar-refractivity contribution >= 4 is 23.1 Å². The van der Waals surface area contributed by atoms with Gasteiger partial charge in [-0.05, 0) is 43.5 Å². The van der Waals surface area contributed by atoms with Gasteiger partial charge in [-0.3, -0.25) is 4.58 Å². The van der Waals surface area contributed by atoms with Gasteiger partial charge >= 0.3 is 0 Å². The van der Waals surface area contributed by atoms with Gasteiger partial charge < -0.3 is 5.11 Å². The van der Waals surface area contributed by atoms with Crippen LogP contribution in [0, 0.1) is 0 Å². The Morgan fingerprint density at radius 2 is 1.71 bits per heavy atom. The normalized spacial score (nSPS) is 24.0. The number of halogens is 1. The second-order valence-electron chi connectivity index (χ2n) is 6.64. The molecule has 2 aromatic rings. The van der Waals surface area contributed by atoms with Gasteiger partial charge in [0, 0.05) is 17.0 Å². The lowest BCUT2D eigenvalue weighted by atomic mass is 10.00. The molecule has 0 aliphatic carbocycles. The van der Waals surface area contributed by atoms with Crippen LogP contribution in [0.15, 0.2) is 54.6 Å². The SMILES string of the molecule is O[C@@]1(c2ccccc2)C[N+]2=C(CCCCC2)N1c1ccc(Cl)cc1. The Morgan fingerprint density at radius 3 is 2.46 bits per heavy atom. The molecule has 3 nitrogen and oxygen atoms in total. The van der Waals surface area contributed by atoms with Gasteiger partial charge in [-0.15, -0.1) is 0 Å². The molecule has 0 fully saturated rings. The van der Waals surface area contributed by atoms with E-state index in [1.165, 1.54) is 25.1 Å². The van der Waals surface area contributed by atoms with Crippen molar-refractivity contribution in [3.63, 3.8) is 0 Å². The van der Waals surface area contributed by atoms with Crippen LogP contribution in [0.25, 0.3) is 0 Å². The van der Waals surface area contributed by atoms with Gasteiger partial charge in [-0.1, -0.05) is 41.9 Å². The monoisotopic (exact) mass is 341 g/mol. The molecule has 24 heavy (non-hydrogen) atoms. The molecule has 0 unspecified atom stereocenters. The van der Waals surface area contributed by atoms with Crippen LogP contribution in [0.4, 0.5) is 5.69 Å². The zero-order chi connectivity index (χ0) is 16.6. The van der Waals surface area contributed by atoms with E-state index in [0.717, 1.165) is 24.2 Å². The quantitative estimate of drug-likeness (QED) is 0.836. The fraction of sp³-hybridized carbons (Fsp3) is 0.350. The first-order valence-corrected chi connectivity index (χ1v) is 9.01. The minimum Gasteiger partial charge on any atom is -0.346 e. The summed E-state index contributed by atoms with van der Waals surface area (Å²) in [6.45, 7) is 1.61. The van der Waals surface area contributed by atoms with E-state index < -0.39 is 5.72 Å². The number of hydrogen-bond acceptors (Lipinski definition) is 2. The van der Waals surface area contributed by atoms with E-state index in [1.807, 2.05) is 54.6 Å². The molecular weight excluding hydrogens is 320 g/mol. The number of nitrogens with zero attached hydrogens (tertiary/aromatic N) is 2. The smallest absolute Gasteiger partial charge is 0.275 e. The Kier molecular flexibility index (Phi) is 4.07. The van der Waals surface area contributed by atoms with Gasteiger partial charge in [-0.2, -0.15) is 4.90 Å². The fourth-order valence-corrected chi connectivity index (χ4v) is 4.03. The molecule has 0 radical (unpaired) electrons. The molecule has 0 spiro atoms. The maximum Gasteiger partial charge on any atom is 0.275 e. The summed E-state index contributed by atoms with van der Waals surface area (Å²) in [5, 5.41) is 12.4. The molecule has 2 aromatic carbocycles. The Hall–Kier alpha value is -1.84. The van der Waals surface area contributed by atoms with Crippen LogP contribution < -0.4 is 4.90 Å². The van der Waals surface area contributed by atoms with Gasteiger partial charge in [-0.25, -0.2) is 0 Å². The molecule has 0 saturated heterocycles. The van der Waals surface area contributed by atoms with Crippen molar-refractivity contribution in [2.24, 2.45) is 0 Å². The van der Waals surface area contributed by atoms with Crippen molar-refractivity contribution in [3.05, 3.63) is 65.2 Å². The van der Waals surface area contributed by atoms with E-state index in [2.05, 4.69) is 9.48 Å². The number of amidine groups is 1. The standard InChI is InChI=1S/C20H22ClN2O/c21-17-10-12-18(13-11-17)23-19-9-5-2-6-14-22(19)15-20(23,24)16-7-3-1-4-8-16/h1,3-4,7-8,10-13,24H,2,5-6,9,14-15H2/q+1/t20-/m1/s1. The van der Waals surface area contributed by atoms with Gasteiger partial charge in [0.05, 0.1) is 6.54 Å². The van der Waals surface area contributed by atoms with Crippen LogP contribution in [-0.2, 0) is 5.72 Å². The van der Waals surface area contributed by atoms with Gasteiger partial charge in [0.2, 0.25) is 0 Å². The molecule has 0 bridgehead atoms. The van der Waals surface area contributed by atoms with Crippen molar-refractivity contribution in [2.75, 3.05) is 18.0 Å². The molecule has 0 saturated carbocycles. The van der Waals surface area contributed by atoms with E-state index in [9.17, 15) is 5.11 Å². The first-order chi connectivity index (χ1) is 11.7. The molecule has 2 aliphatic heterocycles. The van der Waals surface area contributed by atoms with E-state index in [0.29, 0.717) is 11.6 Å². The molecule has 2 aliphatic rings. The fourth-order valence-electron chi connectivity index (χ4n) is 3.90. The van der Waals surface area contributed by atoms with Crippen LogP contribution >= 0.6 is 11.6 Å². The largest absolute Gasteiger partial charge is 0.346 e. The summed E-state index contributed by atoms with van der Waals surface area (Å²) in [5.74, 6) is 1.22. The minimum absolute atomic E-state index is 0.606. The number of anilines is 1. The van der Waals surface area contributed by atoms with E-state index in [-0.39, 0.29) is 0 Å². The molecule has 2 heterocycles. The average molecular weight is 342 g/mol. The highest BCUT2D eigenvalue weighted by atomic mass is 35.5. The summed E-state index contributed by atoms with van der Waals surface area (Å²) in [6, 6.07) is 17.8. The number of hydrogen-bond donors (Lipinski definition) is 1. The Balaban J connectivity index is 1.84. The first kappa shape index (κ1) is 15.7. The zero-order valence-electron chi connectivity index (χ0n) is 13.7. The highest BCUT2D eigenvalue weighted by Gasteiger charge is 2.53. The summed E-state index contributed by atoms with van der Waals surface area (Å²) >= 11 is 6.07. The lowest BCUT2D eigenvalue weighted by molar-refractivity contribution is -0.534. The Morgan fingerprint density at radius 1 is 0.958 bits per heavy atom. The maximum absolute atomic E-state index is 11.7. The van der Waals surface area contributed by atoms with Crippen molar-refractivity contribution in [1.29, 1.82) is 0 Å². The average Bonchev–Trinajstić information content (AvgIpc) is 2.74. The van der Waals surface area contributed by atoms with Crippen LogP contribution in [-0.4, -0.2) is 28.6 Å². The first-order valence-electron chi connectivity index (χ1n) is 8.63. The second kappa shape index (κ2) is 6.23. The summed E-state index contributed by atoms with van der Waals surface area (Å²) in [6.07, 6.45) is 4.60. The summed E-state index contributed by atoms with van der Waals surface area (Å²) < 4.78 is 2.36. The van der Waals surface area contributed by atoms with Gasteiger partial charge in [0.1, 0.15) is 5.69 Å². The van der Waals surface area contributed by atoms with Crippen LogP contribution in [0.1, 0.15) is 31.2 Å². The molecule has 4 rings (SSSR count). The molecular formula is C20H22ClN2O+. The molecule has 0 amide bonds. The van der Waals surface area contributed by atoms with Crippen LogP contribution in [0.3, 0.4) is 0 Å². The maximum atomic E-state index is 11.7. The lowest BCUT2D eigenvalue weighted by Gasteiger charge is -2.29. The lowest BCUT2D eigenvalue weighted by Crippen LogP contribution is -2.47. The molecule has 1 atom stereocenters. The number of aliphatic hydroxyl groups is 1.